The van der Waals surface area contributed by atoms with Crippen LogP contribution in [0.4, 0.5) is 5.69 Å². The van der Waals surface area contributed by atoms with E-state index in [2.05, 4.69) is 16.3 Å². The van der Waals surface area contributed by atoms with E-state index in [1.165, 1.54) is 12.1 Å². The molecule has 1 fully saturated rings. The average Bonchev–Trinajstić information content (AvgIpc) is 2.87. The standard InChI is InChI=1S/C10H13N5O3/c11-12-10(16)9-5-8(13-14-9)6-2-1-3-7(4-6)15(17)18/h1-4,8-9,13-14H,5,11H2,(H,12,16). The van der Waals surface area contributed by atoms with E-state index in [1.807, 2.05) is 0 Å². The van der Waals surface area contributed by atoms with Crippen LogP contribution in [0.2, 0.25) is 0 Å². The maximum atomic E-state index is 11.3. The minimum atomic E-state index is -0.448. The Bertz CT molecular complexity index is 478. The molecule has 1 amide bonds. The molecule has 96 valence electrons. The summed E-state index contributed by atoms with van der Waals surface area (Å²) in [4.78, 5) is 21.5. The molecule has 2 rings (SSSR count). The number of carbonyl (C=O) groups is 1. The van der Waals surface area contributed by atoms with Crippen molar-refractivity contribution in [2.45, 2.75) is 18.5 Å². The Hall–Kier alpha value is -2.03. The second-order valence-electron chi connectivity index (χ2n) is 3.99. The number of hydrazine groups is 2. The van der Waals surface area contributed by atoms with E-state index in [9.17, 15) is 14.9 Å². The van der Waals surface area contributed by atoms with Gasteiger partial charge in [0.05, 0.1) is 4.92 Å². The molecule has 0 aromatic heterocycles. The monoisotopic (exact) mass is 251 g/mol. The van der Waals surface area contributed by atoms with Gasteiger partial charge in [-0.1, -0.05) is 12.1 Å². The minimum absolute atomic E-state index is 0.0287. The summed E-state index contributed by atoms with van der Waals surface area (Å²) in [5, 5.41) is 10.7. The van der Waals surface area contributed by atoms with Gasteiger partial charge in [-0.2, -0.15) is 0 Å². The van der Waals surface area contributed by atoms with Crippen LogP contribution < -0.4 is 22.1 Å². The van der Waals surface area contributed by atoms with Crippen molar-refractivity contribution in [3.8, 4) is 0 Å². The van der Waals surface area contributed by atoms with Crippen molar-refractivity contribution in [2.75, 3.05) is 0 Å². The quantitative estimate of drug-likeness (QED) is 0.248. The van der Waals surface area contributed by atoms with Crippen LogP contribution in [-0.2, 0) is 4.79 Å². The third-order valence-electron chi connectivity index (χ3n) is 2.85. The SMILES string of the molecule is NNC(=O)C1CC(c2cccc([N+](=O)[O-])c2)NN1. The second-order valence-corrected chi connectivity index (χ2v) is 3.99. The molecular weight excluding hydrogens is 238 g/mol. The smallest absolute Gasteiger partial charge is 0.269 e. The number of nitrogens with one attached hydrogen (secondary N) is 3. The number of nitrogens with two attached hydrogens (primary N) is 1. The van der Waals surface area contributed by atoms with Gasteiger partial charge in [0, 0.05) is 18.2 Å². The van der Waals surface area contributed by atoms with Gasteiger partial charge in [-0.3, -0.25) is 20.3 Å². The Labute approximate surface area is 103 Å². The molecule has 1 aromatic carbocycles. The van der Waals surface area contributed by atoms with Gasteiger partial charge in [-0.15, -0.1) is 0 Å². The minimum Gasteiger partial charge on any atom is -0.293 e. The molecule has 2 atom stereocenters. The zero-order valence-corrected chi connectivity index (χ0v) is 9.42. The number of nitrogens with zero attached hydrogens (tertiary/aromatic N) is 1. The third-order valence-corrected chi connectivity index (χ3v) is 2.85. The molecule has 5 N–H and O–H groups in total. The predicted molar refractivity (Wildman–Crippen MR) is 62.8 cm³/mol. The molecule has 0 radical (unpaired) electrons. The third kappa shape index (κ3) is 2.45. The molecule has 0 saturated carbocycles. The van der Waals surface area contributed by atoms with Crippen molar-refractivity contribution in [2.24, 2.45) is 5.84 Å². The molecule has 1 heterocycles. The zero-order chi connectivity index (χ0) is 13.1. The van der Waals surface area contributed by atoms with Gasteiger partial charge in [0.15, 0.2) is 0 Å². The molecule has 8 nitrogen and oxygen atoms in total. The fraction of sp³-hybridized carbons (Fsp3) is 0.300. The topological polar surface area (TPSA) is 122 Å². The Morgan fingerprint density at radius 1 is 1.50 bits per heavy atom. The lowest BCUT2D eigenvalue weighted by Gasteiger charge is -2.08. The highest BCUT2D eigenvalue weighted by molar-refractivity contribution is 5.81. The summed E-state index contributed by atoms with van der Waals surface area (Å²) in [5.41, 5.74) is 8.55. The highest BCUT2D eigenvalue weighted by atomic mass is 16.6. The van der Waals surface area contributed by atoms with Gasteiger partial charge in [0.2, 0.25) is 0 Å². The Morgan fingerprint density at radius 3 is 2.94 bits per heavy atom. The van der Waals surface area contributed by atoms with Crippen LogP contribution in [0.5, 0.6) is 0 Å². The Balaban J connectivity index is 2.12. The van der Waals surface area contributed by atoms with Crippen molar-refractivity contribution in [1.29, 1.82) is 0 Å². The number of hydrogen-bond donors (Lipinski definition) is 4. The van der Waals surface area contributed by atoms with E-state index in [1.54, 1.807) is 12.1 Å². The number of amides is 1. The van der Waals surface area contributed by atoms with Gasteiger partial charge >= 0.3 is 0 Å². The van der Waals surface area contributed by atoms with Gasteiger partial charge in [0.25, 0.3) is 11.6 Å². The largest absolute Gasteiger partial charge is 0.293 e. The molecule has 1 aliphatic rings. The zero-order valence-electron chi connectivity index (χ0n) is 9.42. The summed E-state index contributed by atoms with van der Waals surface area (Å²) >= 11 is 0. The van der Waals surface area contributed by atoms with E-state index in [0.717, 1.165) is 5.56 Å². The molecule has 0 bridgehead atoms. The molecule has 1 aromatic rings. The second kappa shape index (κ2) is 5.08. The number of nitro groups is 1. The van der Waals surface area contributed by atoms with Crippen LogP contribution in [0.1, 0.15) is 18.0 Å². The van der Waals surface area contributed by atoms with Crippen molar-refractivity contribution >= 4 is 11.6 Å². The first-order valence-corrected chi connectivity index (χ1v) is 5.37. The van der Waals surface area contributed by atoms with Crippen LogP contribution in [0.25, 0.3) is 0 Å². The molecular formula is C10H13N5O3. The van der Waals surface area contributed by atoms with Crippen molar-refractivity contribution in [1.82, 2.24) is 16.3 Å². The van der Waals surface area contributed by atoms with Crippen LogP contribution in [0, 0.1) is 10.1 Å². The van der Waals surface area contributed by atoms with E-state index < -0.39 is 11.0 Å². The Kier molecular flexibility index (Phi) is 3.51. The van der Waals surface area contributed by atoms with Gasteiger partial charge < -0.3 is 0 Å². The number of hydrogen-bond acceptors (Lipinski definition) is 6. The predicted octanol–water partition coefficient (Wildman–Crippen LogP) is -0.508. The molecule has 18 heavy (non-hydrogen) atoms. The summed E-state index contributed by atoms with van der Waals surface area (Å²) in [5.74, 6) is 4.72. The lowest BCUT2D eigenvalue weighted by Crippen LogP contribution is -2.45. The fourth-order valence-electron chi connectivity index (χ4n) is 1.90. The van der Waals surface area contributed by atoms with Crippen molar-refractivity contribution in [3.63, 3.8) is 0 Å². The summed E-state index contributed by atoms with van der Waals surface area (Å²) in [7, 11) is 0. The molecule has 1 saturated heterocycles. The van der Waals surface area contributed by atoms with Crippen LogP contribution in [0.3, 0.4) is 0 Å². The van der Waals surface area contributed by atoms with Gasteiger partial charge in [-0.25, -0.2) is 16.7 Å². The molecule has 0 aliphatic carbocycles. The van der Waals surface area contributed by atoms with Gasteiger partial charge in [0.1, 0.15) is 6.04 Å². The summed E-state index contributed by atoms with van der Waals surface area (Å²) in [6.45, 7) is 0. The summed E-state index contributed by atoms with van der Waals surface area (Å²) in [6, 6.07) is 5.70. The average molecular weight is 251 g/mol. The van der Waals surface area contributed by atoms with Crippen molar-refractivity contribution in [3.05, 3.63) is 39.9 Å². The molecule has 2 unspecified atom stereocenters. The van der Waals surface area contributed by atoms with E-state index >= 15 is 0 Å². The number of non-ortho nitro benzene ring substituents is 1. The number of nitro benzene ring substituents is 1. The maximum absolute atomic E-state index is 11.3. The molecule has 8 heteroatoms. The van der Waals surface area contributed by atoms with E-state index in [-0.39, 0.29) is 17.6 Å². The normalized spacial score (nSPS) is 22.7. The van der Waals surface area contributed by atoms with Crippen molar-refractivity contribution < 1.29 is 9.72 Å². The lowest BCUT2D eigenvalue weighted by atomic mass is 10.0. The fourth-order valence-corrected chi connectivity index (χ4v) is 1.90. The molecule has 0 spiro atoms. The summed E-state index contributed by atoms with van der Waals surface area (Å²) < 4.78 is 0. The number of rotatable bonds is 3. The first kappa shape index (κ1) is 12.4. The number of carbonyl (C=O) groups excluding carboxylic acids is 1. The highest BCUT2D eigenvalue weighted by Gasteiger charge is 2.30. The first-order valence-electron chi connectivity index (χ1n) is 5.37. The highest BCUT2D eigenvalue weighted by Crippen LogP contribution is 2.25. The molecule has 1 aliphatic heterocycles. The first-order chi connectivity index (χ1) is 8.61. The summed E-state index contributed by atoms with van der Waals surface area (Å²) in [6.07, 6.45) is 0.476. The van der Waals surface area contributed by atoms with Crippen LogP contribution in [-0.4, -0.2) is 16.9 Å². The van der Waals surface area contributed by atoms with Crippen LogP contribution >= 0.6 is 0 Å². The Morgan fingerprint density at radius 2 is 2.28 bits per heavy atom. The number of benzene rings is 1. The van der Waals surface area contributed by atoms with E-state index in [4.69, 9.17) is 5.84 Å². The van der Waals surface area contributed by atoms with Crippen LogP contribution in [0.15, 0.2) is 24.3 Å². The maximum Gasteiger partial charge on any atom is 0.269 e. The van der Waals surface area contributed by atoms with E-state index in [0.29, 0.717) is 6.42 Å². The lowest BCUT2D eigenvalue weighted by molar-refractivity contribution is -0.384. The van der Waals surface area contributed by atoms with Gasteiger partial charge in [-0.05, 0) is 12.0 Å².